The predicted octanol–water partition coefficient (Wildman–Crippen LogP) is 6.52. The van der Waals surface area contributed by atoms with Crippen LogP contribution in [0.4, 0.5) is 16.2 Å². The van der Waals surface area contributed by atoms with E-state index in [2.05, 4.69) is 55.7 Å². The van der Waals surface area contributed by atoms with E-state index in [1.165, 1.54) is 0 Å². The Labute approximate surface area is 204 Å². The third kappa shape index (κ3) is 6.52. The monoisotopic (exact) mass is 465 g/mol. The number of hydrogen-bond donors (Lipinski definition) is 2. The molecule has 6 heteroatoms. The number of amides is 2. The van der Waals surface area contributed by atoms with E-state index in [0.29, 0.717) is 6.42 Å². The van der Waals surface area contributed by atoms with Crippen LogP contribution in [0.5, 0.6) is 0 Å². The van der Waals surface area contributed by atoms with E-state index in [9.17, 15) is 9.59 Å². The largest absolute Gasteiger partial charge is 0.447 e. The van der Waals surface area contributed by atoms with E-state index in [-0.39, 0.29) is 29.5 Å². The number of rotatable bonds is 6. The van der Waals surface area contributed by atoms with Crippen LogP contribution in [0.25, 0.3) is 11.1 Å². The average Bonchev–Trinajstić information content (AvgIpc) is 2.72. The van der Waals surface area contributed by atoms with Gasteiger partial charge in [0.25, 0.3) is 0 Å². The highest BCUT2D eigenvalue weighted by Crippen LogP contribution is 2.40. The second-order valence-electron chi connectivity index (χ2n) is 10.7. The van der Waals surface area contributed by atoms with Crippen LogP contribution in [0.15, 0.2) is 42.5 Å². The van der Waals surface area contributed by atoms with Crippen molar-refractivity contribution < 1.29 is 14.3 Å². The molecule has 0 saturated carbocycles. The lowest BCUT2D eigenvalue weighted by molar-refractivity contribution is -0.117. The van der Waals surface area contributed by atoms with Gasteiger partial charge in [-0.05, 0) is 80.0 Å². The van der Waals surface area contributed by atoms with Crippen molar-refractivity contribution in [2.75, 3.05) is 16.8 Å². The zero-order valence-electron chi connectivity index (χ0n) is 21.6. The molecule has 0 bridgehead atoms. The zero-order valence-corrected chi connectivity index (χ0v) is 21.6. The van der Waals surface area contributed by atoms with E-state index in [1.807, 2.05) is 43.9 Å². The van der Waals surface area contributed by atoms with Crippen molar-refractivity contribution in [1.82, 2.24) is 5.32 Å². The molecule has 3 rings (SSSR count). The SMILES string of the molecule is CC(=O)N1c2ccc(-c3cccc(NCCC(C)(C)C)c3)cc2[C@H](NC(=O)OC(C)C)C[C@@H]1C. The van der Waals surface area contributed by atoms with Gasteiger partial charge in [0.15, 0.2) is 0 Å². The molecular formula is C28H39N3O3. The number of nitrogens with zero attached hydrogens (tertiary/aromatic N) is 1. The molecule has 6 nitrogen and oxygen atoms in total. The second-order valence-corrected chi connectivity index (χ2v) is 10.7. The summed E-state index contributed by atoms with van der Waals surface area (Å²) in [5.74, 6) is -0.00486. The van der Waals surface area contributed by atoms with E-state index in [1.54, 1.807) is 6.92 Å². The van der Waals surface area contributed by atoms with E-state index in [4.69, 9.17) is 4.74 Å². The van der Waals surface area contributed by atoms with Crippen LogP contribution in [0, 0.1) is 5.41 Å². The van der Waals surface area contributed by atoms with Gasteiger partial charge in [-0.1, -0.05) is 39.0 Å². The molecule has 0 unspecified atom stereocenters. The van der Waals surface area contributed by atoms with Gasteiger partial charge in [-0.25, -0.2) is 4.79 Å². The minimum Gasteiger partial charge on any atom is -0.447 e. The van der Waals surface area contributed by atoms with Gasteiger partial charge in [0.1, 0.15) is 0 Å². The number of ether oxygens (including phenoxy) is 1. The standard InChI is InChI=1S/C28H39N3O3/c1-18(2)34-27(33)30-25-15-19(3)31(20(4)32)26-12-11-22(17-24(25)26)21-9-8-10-23(16-21)29-14-13-28(5,6)7/h8-12,16-19,25,29H,13-15H2,1-7H3,(H,30,33)/t19-,25+/m0/s1. The van der Waals surface area contributed by atoms with Crippen LogP contribution < -0.4 is 15.5 Å². The Hall–Kier alpha value is -3.02. The number of hydrogen-bond acceptors (Lipinski definition) is 4. The van der Waals surface area contributed by atoms with Crippen molar-refractivity contribution in [3.05, 3.63) is 48.0 Å². The van der Waals surface area contributed by atoms with Crippen molar-refractivity contribution in [2.24, 2.45) is 5.41 Å². The quantitative estimate of drug-likeness (QED) is 0.509. The Morgan fingerprint density at radius 1 is 1.12 bits per heavy atom. The van der Waals surface area contributed by atoms with E-state index in [0.717, 1.165) is 41.0 Å². The topological polar surface area (TPSA) is 70.7 Å². The molecule has 1 aliphatic heterocycles. The van der Waals surface area contributed by atoms with Crippen molar-refractivity contribution >= 4 is 23.4 Å². The highest BCUT2D eigenvalue weighted by atomic mass is 16.6. The summed E-state index contributed by atoms with van der Waals surface area (Å²) in [5.41, 5.74) is 5.25. The van der Waals surface area contributed by atoms with Crippen LogP contribution in [0.2, 0.25) is 0 Å². The highest BCUT2D eigenvalue weighted by Gasteiger charge is 2.33. The molecule has 1 aliphatic rings. The summed E-state index contributed by atoms with van der Waals surface area (Å²) >= 11 is 0. The first-order valence-electron chi connectivity index (χ1n) is 12.2. The van der Waals surface area contributed by atoms with Gasteiger partial charge in [0.2, 0.25) is 5.91 Å². The molecule has 2 aromatic carbocycles. The van der Waals surface area contributed by atoms with Gasteiger partial charge < -0.3 is 20.3 Å². The average molecular weight is 466 g/mol. The normalized spacial score (nSPS) is 17.8. The van der Waals surface area contributed by atoms with Gasteiger partial charge in [0.05, 0.1) is 12.1 Å². The first kappa shape index (κ1) is 25.6. The fourth-order valence-corrected chi connectivity index (χ4v) is 4.44. The lowest BCUT2D eigenvalue weighted by Crippen LogP contribution is -2.45. The zero-order chi connectivity index (χ0) is 25.0. The van der Waals surface area contributed by atoms with Crippen LogP contribution in [-0.2, 0) is 9.53 Å². The summed E-state index contributed by atoms with van der Waals surface area (Å²) in [7, 11) is 0. The van der Waals surface area contributed by atoms with Crippen molar-refractivity contribution in [2.45, 2.75) is 79.5 Å². The fourth-order valence-electron chi connectivity index (χ4n) is 4.44. The van der Waals surface area contributed by atoms with Crippen LogP contribution >= 0.6 is 0 Å². The first-order valence-corrected chi connectivity index (χ1v) is 12.2. The summed E-state index contributed by atoms with van der Waals surface area (Å²) < 4.78 is 5.33. The number of benzene rings is 2. The smallest absolute Gasteiger partial charge is 0.407 e. The third-order valence-electron chi connectivity index (χ3n) is 6.05. The molecular weight excluding hydrogens is 426 g/mol. The Bertz CT molecular complexity index is 1030. The van der Waals surface area contributed by atoms with Crippen molar-refractivity contribution in [3.8, 4) is 11.1 Å². The maximum atomic E-state index is 12.4. The highest BCUT2D eigenvalue weighted by molar-refractivity contribution is 5.94. The fraction of sp³-hybridized carbons (Fsp3) is 0.500. The Morgan fingerprint density at radius 2 is 1.82 bits per heavy atom. The van der Waals surface area contributed by atoms with Crippen molar-refractivity contribution in [3.63, 3.8) is 0 Å². The second kappa shape index (κ2) is 10.5. The molecule has 0 radical (unpaired) electrons. The first-order chi connectivity index (χ1) is 15.9. The Kier molecular flexibility index (Phi) is 7.90. The van der Waals surface area contributed by atoms with Gasteiger partial charge in [-0.3, -0.25) is 4.79 Å². The number of carbonyl (C=O) groups excluding carboxylic acids is 2. The molecule has 184 valence electrons. The third-order valence-corrected chi connectivity index (χ3v) is 6.05. The molecule has 34 heavy (non-hydrogen) atoms. The molecule has 2 amide bonds. The molecule has 0 spiro atoms. The molecule has 2 atom stereocenters. The molecule has 2 aromatic rings. The maximum absolute atomic E-state index is 12.4. The molecule has 0 saturated heterocycles. The molecule has 1 heterocycles. The lowest BCUT2D eigenvalue weighted by atomic mass is 9.89. The van der Waals surface area contributed by atoms with Crippen LogP contribution in [0.1, 0.15) is 72.9 Å². The summed E-state index contributed by atoms with van der Waals surface area (Å²) in [6, 6.07) is 14.2. The maximum Gasteiger partial charge on any atom is 0.407 e. The van der Waals surface area contributed by atoms with Gasteiger partial charge in [-0.2, -0.15) is 0 Å². The number of anilines is 2. The number of carbonyl (C=O) groups is 2. The summed E-state index contributed by atoms with van der Waals surface area (Å²) in [4.78, 5) is 26.6. The van der Waals surface area contributed by atoms with Gasteiger partial charge in [0, 0.05) is 30.9 Å². The van der Waals surface area contributed by atoms with E-state index >= 15 is 0 Å². The Balaban J connectivity index is 1.92. The van der Waals surface area contributed by atoms with Crippen molar-refractivity contribution in [1.29, 1.82) is 0 Å². The van der Waals surface area contributed by atoms with E-state index < -0.39 is 6.09 Å². The Morgan fingerprint density at radius 3 is 2.47 bits per heavy atom. The summed E-state index contributed by atoms with van der Waals surface area (Å²) in [6.45, 7) is 14.9. The predicted molar refractivity (Wildman–Crippen MR) is 139 cm³/mol. The number of fused-ring (bicyclic) bond motifs is 1. The minimum absolute atomic E-state index is 0.00486. The lowest BCUT2D eigenvalue weighted by Gasteiger charge is -2.39. The van der Waals surface area contributed by atoms with Crippen LogP contribution in [0.3, 0.4) is 0 Å². The summed E-state index contributed by atoms with van der Waals surface area (Å²) in [5, 5.41) is 6.54. The minimum atomic E-state index is -0.440. The number of alkyl carbamates (subject to hydrolysis) is 1. The number of nitrogens with one attached hydrogen (secondary N) is 2. The summed E-state index contributed by atoms with van der Waals surface area (Å²) in [6.07, 6.45) is 1.06. The van der Waals surface area contributed by atoms with Gasteiger partial charge >= 0.3 is 6.09 Å². The molecule has 0 aliphatic carbocycles. The van der Waals surface area contributed by atoms with Gasteiger partial charge in [-0.15, -0.1) is 0 Å². The molecule has 0 fully saturated rings. The molecule has 2 N–H and O–H groups in total. The molecule has 0 aromatic heterocycles. The van der Waals surface area contributed by atoms with Crippen LogP contribution in [-0.4, -0.2) is 30.7 Å².